The van der Waals surface area contributed by atoms with Gasteiger partial charge < -0.3 is 10.1 Å². The van der Waals surface area contributed by atoms with Crippen LogP contribution in [0.15, 0.2) is 22.9 Å². The Morgan fingerprint density at radius 1 is 1.50 bits per heavy atom. The van der Waals surface area contributed by atoms with Gasteiger partial charge in [0.15, 0.2) is 0 Å². The minimum absolute atomic E-state index is 0.0340. The van der Waals surface area contributed by atoms with Crippen LogP contribution in [0, 0.1) is 0 Å². The molecule has 0 aliphatic carbocycles. The van der Waals surface area contributed by atoms with Gasteiger partial charge in [0.25, 0.3) is 0 Å². The Labute approximate surface area is 77.6 Å². The largest absolute Gasteiger partial charge is 0.390 e. The van der Waals surface area contributed by atoms with Gasteiger partial charge in [0, 0.05) is 11.1 Å². The SMILES string of the molecule is OCc1cc2cc(Br)ncc2[nH]1. The lowest BCUT2D eigenvalue weighted by Crippen LogP contribution is -1.79. The van der Waals surface area contributed by atoms with Gasteiger partial charge in [0.1, 0.15) is 4.60 Å². The number of aromatic amines is 1. The molecule has 2 N–H and O–H groups in total. The number of nitrogens with zero attached hydrogens (tertiary/aromatic N) is 1. The van der Waals surface area contributed by atoms with Gasteiger partial charge in [0.2, 0.25) is 0 Å². The third-order valence-corrected chi connectivity index (χ3v) is 2.13. The number of aliphatic hydroxyl groups is 1. The molecule has 0 amide bonds. The zero-order valence-electron chi connectivity index (χ0n) is 6.21. The summed E-state index contributed by atoms with van der Waals surface area (Å²) < 4.78 is 0.804. The van der Waals surface area contributed by atoms with Gasteiger partial charge in [-0.3, -0.25) is 0 Å². The first kappa shape index (κ1) is 7.76. The van der Waals surface area contributed by atoms with Crippen molar-refractivity contribution in [1.82, 2.24) is 9.97 Å². The second kappa shape index (κ2) is 2.88. The Morgan fingerprint density at radius 2 is 2.33 bits per heavy atom. The molecule has 12 heavy (non-hydrogen) atoms. The van der Waals surface area contributed by atoms with E-state index in [-0.39, 0.29) is 6.61 Å². The van der Waals surface area contributed by atoms with Crippen LogP contribution in [0.4, 0.5) is 0 Å². The average Bonchev–Trinajstić information content (AvgIpc) is 2.46. The lowest BCUT2D eigenvalue weighted by atomic mass is 10.3. The van der Waals surface area contributed by atoms with E-state index in [0.29, 0.717) is 0 Å². The number of halogens is 1. The third-order valence-electron chi connectivity index (χ3n) is 1.70. The van der Waals surface area contributed by atoms with E-state index in [9.17, 15) is 0 Å². The monoisotopic (exact) mass is 226 g/mol. The van der Waals surface area contributed by atoms with E-state index in [1.165, 1.54) is 0 Å². The van der Waals surface area contributed by atoms with Crippen molar-refractivity contribution in [2.75, 3.05) is 0 Å². The molecule has 2 aromatic heterocycles. The van der Waals surface area contributed by atoms with Crippen molar-refractivity contribution in [3.05, 3.63) is 28.6 Å². The standard InChI is InChI=1S/C8H7BrN2O/c9-8-2-5-1-6(4-12)11-7(5)3-10-8/h1-3,11-12H,4H2. The van der Waals surface area contributed by atoms with E-state index in [4.69, 9.17) is 5.11 Å². The molecule has 0 bridgehead atoms. The molecule has 0 unspecified atom stereocenters. The second-order valence-electron chi connectivity index (χ2n) is 2.55. The first-order valence-electron chi connectivity index (χ1n) is 3.53. The Morgan fingerprint density at radius 3 is 3.08 bits per heavy atom. The summed E-state index contributed by atoms with van der Waals surface area (Å²) in [5.41, 5.74) is 1.76. The maximum atomic E-state index is 8.84. The topological polar surface area (TPSA) is 48.9 Å². The summed E-state index contributed by atoms with van der Waals surface area (Å²) in [6.07, 6.45) is 1.73. The summed E-state index contributed by atoms with van der Waals surface area (Å²) >= 11 is 3.28. The Kier molecular flexibility index (Phi) is 1.86. The highest BCUT2D eigenvalue weighted by Gasteiger charge is 1.99. The van der Waals surface area contributed by atoms with Gasteiger partial charge >= 0.3 is 0 Å². The number of fused-ring (bicyclic) bond motifs is 1. The minimum atomic E-state index is 0.0340. The molecule has 0 fully saturated rings. The average molecular weight is 227 g/mol. The molecule has 62 valence electrons. The van der Waals surface area contributed by atoms with Crippen LogP contribution >= 0.6 is 15.9 Å². The molecule has 0 radical (unpaired) electrons. The summed E-state index contributed by atoms with van der Waals surface area (Å²) in [7, 11) is 0. The number of hydrogen-bond donors (Lipinski definition) is 2. The molecular formula is C8H7BrN2O. The summed E-state index contributed by atoms with van der Waals surface area (Å²) in [6.45, 7) is 0.0340. The number of H-pyrrole nitrogens is 1. The van der Waals surface area contributed by atoms with E-state index in [0.717, 1.165) is 21.2 Å². The molecule has 0 aliphatic rings. The van der Waals surface area contributed by atoms with E-state index in [1.54, 1.807) is 6.20 Å². The highest BCUT2D eigenvalue weighted by molar-refractivity contribution is 9.10. The maximum Gasteiger partial charge on any atom is 0.106 e. The molecule has 2 heterocycles. The van der Waals surface area contributed by atoms with Crippen molar-refractivity contribution in [3.63, 3.8) is 0 Å². The molecule has 2 aromatic rings. The number of hydrogen-bond acceptors (Lipinski definition) is 2. The number of nitrogens with one attached hydrogen (secondary N) is 1. The van der Waals surface area contributed by atoms with Crippen molar-refractivity contribution in [3.8, 4) is 0 Å². The van der Waals surface area contributed by atoms with Crippen molar-refractivity contribution >= 4 is 26.8 Å². The van der Waals surface area contributed by atoms with E-state index < -0.39 is 0 Å². The lowest BCUT2D eigenvalue weighted by Gasteiger charge is -1.88. The van der Waals surface area contributed by atoms with Crippen molar-refractivity contribution < 1.29 is 5.11 Å². The molecule has 4 heteroatoms. The highest BCUT2D eigenvalue weighted by atomic mass is 79.9. The molecule has 3 nitrogen and oxygen atoms in total. The zero-order chi connectivity index (χ0) is 8.55. The van der Waals surface area contributed by atoms with E-state index >= 15 is 0 Å². The summed E-state index contributed by atoms with van der Waals surface area (Å²) in [5, 5.41) is 9.90. The predicted octanol–water partition coefficient (Wildman–Crippen LogP) is 1.82. The number of aliphatic hydroxyl groups excluding tert-OH is 1. The van der Waals surface area contributed by atoms with Crippen LogP contribution in [0.3, 0.4) is 0 Å². The fraction of sp³-hybridized carbons (Fsp3) is 0.125. The van der Waals surface area contributed by atoms with Crippen molar-refractivity contribution in [2.45, 2.75) is 6.61 Å². The van der Waals surface area contributed by atoms with Gasteiger partial charge in [-0.2, -0.15) is 0 Å². The smallest absolute Gasteiger partial charge is 0.106 e. The summed E-state index contributed by atoms with van der Waals surface area (Å²) in [4.78, 5) is 7.10. The van der Waals surface area contributed by atoms with Crippen LogP contribution in [0.1, 0.15) is 5.69 Å². The Balaban J connectivity index is 2.67. The van der Waals surface area contributed by atoms with Crippen LogP contribution in [0.5, 0.6) is 0 Å². The summed E-state index contributed by atoms with van der Waals surface area (Å²) in [6, 6.07) is 3.81. The first-order valence-corrected chi connectivity index (χ1v) is 4.33. The quantitative estimate of drug-likeness (QED) is 0.730. The molecule has 0 aromatic carbocycles. The zero-order valence-corrected chi connectivity index (χ0v) is 7.80. The lowest BCUT2D eigenvalue weighted by molar-refractivity contribution is 0.278. The van der Waals surface area contributed by atoms with Crippen LogP contribution in [-0.4, -0.2) is 15.1 Å². The molecule has 0 aliphatic heterocycles. The third kappa shape index (κ3) is 1.23. The highest BCUT2D eigenvalue weighted by Crippen LogP contribution is 2.17. The first-order chi connectivity index (χ1) is 5.79. The normalized spacial score (nSPS) is 10.8. The van der Waals surface area contributed by atoms with Crippen molar-refractivity contribution in [1.29, 1.82) is 0 Å². The Hall–Kier alpha value is -0.870. The molecule has 0 saturated carbocycles. The Bertz CT molecular complexity index is 410. The van der Waals surface area contributed by atoms with Crippen molar-refractivity contribution in [2.24, 2.45) is 0 Å². The van der Waals surface area contributed by atoms with Crippen LogP contribution in [0.25, 0.3) is 10.9 Å². The van der Waals surface area contributed by atoms with Gasteiger partial charge in [0.05, 0.1) is 18.3 Å². The maximum absolute atomic E-state index is 8.84. The number of aromatic nitrogens is 2. The van der Waals surface area contributed by atoms with Crippen LogP contribution in [0.2, 0.25) is 0 Å². The molecule has 2 rings (SSSR count). The van der Waals surface area contributed by atoms with Gasteiger partial charge in [-0.25, -0.2) is 4.98 Å². The number of rotatable bonds is 1. The summed E-state index contributed by atoms with van der Waals surface area (Å²) in [5.74, 6) is 0. The molecule has 0 atom stereocenters. The van der Waals surface area contributed by atoms with E-state index in [2.05, 4.69) is 25.9 Å². The minimum Gasteiger partial charge on any atom is -0.390 e. The number of pyridine rings is 1. The van der Waals surface area contributed by atoms with Gasteiger partial charge in [-0.1, -0.05) is 0 Å². The fourth-order valence-electron chi connectivity index (χ4n) is 1.15. The van der Waals surface area contributed by atoms with Gasteiger partial charge in [-0.05, 0) is 28.1 Å². The van der Waals surface area contributed by atoms with Crippen LogP contribution < -0.4 is 0 Å². The van der Waals surface area contributed by atoms with Gasteiger partial charge in [-0.15, -0.1) is 0 Å². The molecular weight excluding hydrogens is 220 g/mol. The van der Waals surface area contributed by atoms with E-state index in [1.807, 2.05) is 12.1 Å². The predicted molar refractivity (Wildman–Crippen MR) is 49.7 cm³/mol. The molecule has 0 spiro atoms. The second-order valence-corrected chi connectivity index (χ2v) is 3.36. The molecule has 0 saturated heterocycles. The van der Waals surface area contributed by atoms with Crippen LogP contribution in [-0.2, 0) is 6.61 Å². The fourth-order valence-corrected chi connectivity index (χ4v) is 1.50.